The monoisotopic (exact) mass is 265 g/mol. The van der Waals surface area contributed by atoms with E-state index >= 15 is 0 Å². The van der Waals surface area contributed by atoms with Crippen molar-refractivity contribution in [3.63, 3.8) is 0 Å². The third kappa shape index (κ3) is 1.93. The van der Waals surface area contributed by atoms with E-state index in [2.05, 4.69) is 39.4 Å². The molecule has 0 aliphatic carbocycles. The van der Waals surface area contributed by atoms with Gasteiger partial charge in [-0.3, -0.25) is 0 Å². The van der Waals surface area contributed by atoms with Gasteiger partial charge in [0.1, 0.15) is 0 Å². The van der Waals surface area contributed by atoms with Gasteiger partial charge >= 0.3 is 0 Å². The summed E-state index contributed by atoms with van der Waals surface area (Å²) in [6, 6.07) is 14.6. The average molecular weight is 265 g/mol. The Balaban J connectivity index is 1.65. The largest absolute Gasteiger partial charge is 0.302 e. The van der Waals surface area contributed by atoms with E-state index in [-0.39, 0.29) is 5.41 Å². The molecule has 3 heteroatoms. The molecule has 0 spiro atoms. The molecule has 0 N–H and O–H groups in total. The Morgan fingerprint density at radius 2 is 1.80 bits per heavy atom. The van der Waals surface area contributed by atoms with Gasteiger partial charge in [-0.2, -0.15) is 10.2 Å². The highest BCUT2D eigenvalue weighted by Crippen LogP contribution is 2.41. The molecule has 3 heterocycles. The van der Waals surface area contributed by atoms with E-state index in [1.165, 1.54) is 44.6 Å². The van der Waals surface area contributed by atoms with Crippen LogP contribution in [0.15, 0.2) is 42.5 Å². The summed E-state index contributed by atoms with van der Waals surface area (Å²) in [5, 5.41) is 9.04. The van der Waals surface area contributed by atoms with E-state index in [9.17, 15) is 0 Å². The SMILES string of the molecule is c1ccc(-c2ccc(C34CCCN(CC3)C4)nn2)cc1. The number of benzene rings is 1. The van der Waals surface area contributed by atoms with Crippen molar-refractivity contribution in [1.82, 2.24) is 15.1 Å². The molecular formula is C17H19N3. The Hall–Kier alpha value is -1.74. The number of aromatic nitrogens is 2. The normalized spacial score (nSPS) is 28.5. The quantitative estimate of drug-likeness (QED) is 0.836. The lowest BCUT2D eigenvalue weighted by Gasteiger charge is -2.33. The van der Waals surface area contributed by atoms with Gasteiger partial charge in [0.05, 0.1) is 11.4 Å². The second kappa shape index (κ2) is 4.67. The smallest absolute Gasteiger partial charge is 0.0929 e. The lowest BCUT2D eigenvalue weighted by molar-refractivity contribution is 0.239. The number of hydrogen-bond donors (Lipinski definition) is 0. The number of hydrogen-bond acceptors (Lipinski definition) is 3. The summed E-state index contributed by atoms with van der Waals surface area (Å²) >= 11 is 0. The highest BCUT2D eigenvalue weighted by molar-refractivity contribution is 5.58. The minimum Gasteiger partial charge on any atom is -0.302 e. The van der Waals surface area contributed by atoms with Crippen LogP contribution in [0.1, 0.15) is 25.0 Å². The first-order valence-corrected chi connectivity index (χ1v) is 7.48. The second-order valence-electron chi connectivity index (χ2n) is 6.08. The van der Waals surface area contributed by atoms with Gasteiger partial charge in [0.2, 0.25) is 0 Å². The summed E-state index contributed by atoms with van der Waals surface area (Å²) in [4.78, 5) is 2.57. The van der Waals surface area contributed by atoms with Crippen molar-refractivity contribution in [2.75, 3.05) is 19.6 Å². The predicted octanol–water partition coefficient (Wildman–Crippen LogP) is 2.88. The standard InChI is InChI=1S/C17H19N3/c1-2-5-14(6-3-1)15-7-8-16(19-18-15)17-9-4-11-20(13-17)12-10-17/h1-3,5-8H,4,9-13H2. The van der Waals surface area contributed by atoms with E-state index < -0.39 is 0 Å². The summed E-state index contributed by atoms with van der Waals surface area (Å²) in [6.45, 7) is 3.66. The van der Waals surface area contributed by atoms with Crippen LogP contribution in [0.2, 0.25) is 0 Å². The molecule has 4 rings (SSSR count). The van der Waals surface area contributed by atoms with Gasteiger partial charge in [-0.1, -0.05) is 30.3 Å². The minimum absolute atomic E-state index is 0.278. The lowest BCUT2D eigenvalue weighted by Crippen LogP contribution is -2.37. The van der Waals surface area contributed by atoms with Crippen LogP contribution in [0.4, 0.5) is 0 Å². The summed E-state index contributed by atoms with van der Waals surface area (Å²) < 4.78 is 0. The first kappa shape index (κ1) is 12.0. The van der Waals surface area contributed by atoms with Crippen molar-refractivity contribution >= 4 is 0 Å². The Bertz CT molecular complexity index is 589. The van der Waals surface area contributed by atoms with E-state index in [0.717, 1.165) is 11.3 Å². The summed E-state index contributed by atoms with van der Waals surface area (Å²) in [5.74, 6) is 0. The zero-order valence-corrected chi connectivity index (χ0v) is 11.6. The molecule has 1 aromatic heterocycles. The molecule has 20 heavy (non-hydrogen) atoms. The van der Waals surface area contributed by atoms with E-state index in [0.29, 0.717) is 0 Å². The van der Waals surface area contributed by atoms with Crippen molar-refractivity contribution < 1.29 is 0 Å². The Kier molecular flexibility index (Phi) is 2.81. The first-order chi connectivity index (χ1) is 9.86. The van der Waals surface area contributed by atoms with Crippen LogP contribution < -0.4 is 0 Å². The molecule has 2 aliphatic heterocycles. The summed E-state index contributed by atoms with van der Waals surface area (Å²) in [5.41, 5.74) is 3.58. The van der Waals surface area contributed by atoms with Crippen LogP contribution >= 0.6 is 0 Å². The fourth-order valence-electron chi connectivity index (χ4n) is 3.71. The molecule has 2 atom stereocenters. The van der Waals surface area contributed by atoms with Crippen LogP contribution in [0.25, 0.3) is 11.3 Å². The molecule has 3 nitrogen and oxygen atoms in total. The van der Waals surface area contributed by atoms with E-state index in [4.69, 9.17) is 0 Å². The lowest BCUT2D eigenvalue weighted by atomic mass is 9.78. The van der Waals surface area contributed by atoms with Crippen molar-refractivity contribution in [1.29, 1.82) is 0 Å². The van der Waals surface area contributed by atoms with E-state index in [1.807, 2.05) is 18.2 Å². The third-order valence-electron chi connectivity index (χ3n) is 4.84. The van der Waals surface area contributed by atoms with Crippen molar-refractivity contribution in [2.24, 2.45) is 0 Å². The summed E-state index contributed by atoms with van der Waals surface area (Å²) in [7, 11) is 0. The molecule has 2 fully saturated rings. The number of piperidine rings is 1. The van der Waals surface area contributed by atoms with Crippen molar-refractivity contribution in [3.05, 3.63) is 48.2 Å². The van der Waals surface area contributed by atoms with Crippen LogP contribution in [-0.2, 0) is 5.41 Å². The Morgan fingerprint density at radius 3 is 2.60 bits per heavy atom. The topological polar surface area (TPSA) is 29.0 Å². The van der Waals surface area contributed by atoms with Gasteiger partial charge in [-0.05, 0) is 44.5 Å². The highest BCUT2D eigenvalue weighted by Gasteiger charge is 2.43. The maximum Gasteiger partial charge on any atom is 0.0929 e. The van der Waals surface area contributed by atoms with Crippen molar-refractivity contribution in [3.8, 4) is 11.3 Å². The zero-order valence-electron chi connectivity index (χ0n) is 11.6. The Labute approximate surface area is 119 Å². The molecule has 0 saturated carbocycles. The van der Waals surface area contributed by atoms with Gasteiger partial charge < -0.3 is 4.90 Å². The minimum atomic E-state index is 0.278. The van der Waals surface area contributed by atoms with Gasteiger partial charge in [-0.15, -0.1) is 0 Å². The van der Waals surface area contributed by atoms with Crippen LogP contribution in [-0.4, -0.2) is 34.7 Å². The fourth-order valence-corrected chi connectivity index (χ4v) is 3.71. The van der Waals surface area contributed by atoms with Crippen LogP contribution in [0.5, 0.6) is 0 Å². The second-order valence-corrected chi connectivity index (χ2v) is 6.08. The molecule has 2 aliphatic rings. The molecule has 0 radical (unpaired) electrons. The van der Waals surface area contributed by atoms with Crippen LogP contribution in [0, 0.1) is 0 Å². The molecule has 2 bridgehead atoms. The average Bonchev–Trinajstić information content (AvgIpc) is 2.84. The van der Waals surface area contributed by atoms with Crippen LogP contribution in [0.3, 0.4) is 0 Å². The molecule has 2 aromatic rings. The molecule has 102 valence electrons. The number of rotatable bonds is 2. The summed E-state index contributed by atoms with van der Waals surface area (Å²) in [6.07, 6.45) is 3.80. The van der Waals surface area contributed by atoms with Gasteiger partial charge in [0.15, 0.2) is 0 Å². The predicted molar refractivity (Wildman–Crippen MR) is 79.4 cm³/mol. The van der Waals surface area contributed by atoms with Gasteiger partial charge in [-0.25, -0.2) is 0 Å². The van der Waals surface area contributed by atoms with Gasteiger partial charge in [0.25, 0.3) is 0 Å². The molecule has 2 unspecified atom stereocenters. The van der Waals surface area contributed by atoms with Gasteiger partial charge in [0, 0.05) is 17.5 Å². The first-order valence-electron chi connectivity index (χ1n) is 7.48. The van der Waals surface area contributed by atoms with E-state index in [1.54, 1.807) is 0 Å². The Morgan fingerprint density at radius 1 is 0.900 bits per heavy atom. The zero-order chi connectivity index (χ0) is 13.4. The maximum atomic E-state index is 4.57. The molecular weight excluding hydrogens is 246 g/mol. The number of nitrogens with zero attached hydrogens (tertiary/aromatic N) is 3. The molecule has 1 aromatic carbocycles. The highest BCUT2D eigenvalue weighted by atomic mass is 15.2. The fraction of sp³-hybridized carbons (Fsp3) is 0.412. The van der Waals surface area contributed by atoms with Crippen molar-refractivity contribution in [2.45, 2.75) is 24.7 Å². The third-order valence-corrected chi connectivity index (χ3v) is 4.84. The molecule has 2 saturated heterocycles. The number of fused-ring (bicyclic) bond motifs is 2. The maximum absolute atomic E-state index is 4.57. The molecule has 0 amide bonds.